The van der Waals surface area contributed by atoms with E-state index in [1.807, 2.05) is 79.0 Å². The molecule has 1 aliphatic rings. The van der Waals surface area contributed by atoms with Crippen LogP contribution in [-0.2, 0) is 6.54 Å². The Kier molecular flexibility index (Phi) is 5.29. The maximum Gasteiger partial charge on any atom is 0.251 e. The van der Waals surface area contributed by atoms with Crippen LogP contribution in [0.3, 0.4) is 0 Å². The lowest BCUT2D eigenvalue weighted by Crippen LogP contribution is -2.25. The number of rotatable bonds is 7. The maximum absolute atomic E-state index is 12.4. The number of methoxy groups -OCH3 is 1. The molecule has 1 amide bonds. The van der Waals surface area contributed by atoms with Gasteiger partial charge in [-0.25, -0.2) is 9.97 Å². The van der Waals surface area contributed by atoms with Gasteiger partial charge < -0.3 is 15.4 Å². The zero-order chi connectivity index (χ0) is 23.8. The first-order valence-corrected chi connectivity index (χ1v) is 11.7. The SMILES string of the molecule is COc1ccccc1CNc1nc2ccccc2n2c(-c3ccc(C(=O)NC4CC4)cc3)cnc12. The molecule has 1 saturated carbocycles. The molecule has 0 unspecified atom stereocenters. The second-order valence-electron chi connectivity index (χ2n) is 8.74. The number of nitrogens with zero attached hydrogens (tertiary/aromatic N) is 3. The second-order valence-corrected chi connectivity index (χ2v) is 8.74. The number of aromatic nitrogens is 3. The summed E-state index contributed by atoms with van der Waals surface area (Å²) >= 11 is 0. The minimum atomic E-state index is -0.0188. The fourth-order valence-electron chi connectivity index (χ4n) is 4.32. The molecule has 0 aliphatic heterocycles. The van der Waals surface area contributed by atoms with Crippen LogP contribution in [0.5, 0.6) is 5.75 Å². The standard InChI is InChI=1S/C28H25N5O2/c1-35-25-9-5-2-6-20(25)16-29-26-27-30-17-24(33(27)23-8-4-3-7-22(23)32-26)18-10-12-19(13-11-18)28(34)31-21-14-15-21/h2-13,17,21H,14-16H2,1H3,(H,29,32)(H,31,34). The van der Waals surface area contributed by atoms with Crippen LogP contribution in [0.4, 0.5) is 5.82 Å². The van der Waals surface area contributed by atoms with Crippen LogP contribution in [0.15, 0.2) is 79.0 Å². The van der Waals surface area contributed by atoms with Crippen molar-refractivity contribution < 1.29 is 9.53 Å². The van der Waals surface area contributed by atoms with Gasteiger partial charge in [-0.05, 0) is 43.2 Å². The summed E-state index contributed by atoms with van der Waals surface area (Å²) in [6.07, 6.45) is 4.00. The van der Waals surface area contributed by atoms with E-state index in [-0.39, 0.29) is 5.91 Å². The lowest BCUT2D eigenvalue weighted by Gasteiger charge is -2.13. The molecule has 0 saturated heterocycles. The molecular weight excluding hydrogens is 438 g/mol. The number of benzene rings is 3. The van der Waals surface area contributed by atoms with E-state index < -0.39 is 0 Å². The fourth-order valence-corrected chi connectivity index (χ4v) is 4.32. The number of amides is 1. The van der Waals surface area contributed by atoms with Gasteiger partial charge in [0.25, 0.3) is 5.91 Å². The number of imidazole rings is 1. The number of para-hydroxylation sites is 3. The van der Waals surface area contributed by atoms with E-state index in [0.717, 1.165) is 52.1 Å². The summed E-state index contributed by atoms with van der Waals surface area (Å²) in [7, 11) is 1.67. The average molecular weight is 464 g/mol. The minimum absolute atomic E-state index is 0.0188. The Morgan fingerprint density at radius 3 is 2.60 bits per heavy atom. The first kappa shape index (κ1) is 21.2. The molecule has 2 N–H and O–H groups in total. The molecule has 174 valence electrons. The van der Waals surface area contributed by atoms with Gasteiger partial charge >= 0.3 is 0 Å². The predicted molar refractivity (Wildman–Crippen MR) is 137 cm³/mol. The smallest absolute Gasteiger partial charge is 0.251 e. The third kappa shape index (κ3) is 4.05. The first-order chi connectivity index (χ1) is 17.2. The van der Waals surface area contributed by atoms with Gasteiger partial charge in [0.1, 0.15) is 5.75 Å². The monoisotopic (exact) mass is 463 g/mol. The Hall–Kier alpha value is -4.39. The lowest BCUT2D eigenvalue weighted by atomic mass is 10.1. The minimum Gasteiger partial charge on any atom is -0.496 e. The summed E-state index contributed by atoms with van der Waals surface area (Å²) in [6.45, 7) is 0.554. The van der Waals surface area contributed by atoms with E-state index in [1.54, 1.807) is 7.11 Å². The molecule has 35 heavy (non-hydrogen) atoms. The molecule has 0 radical (unpaired) electrons. The topological polar surface area (TPSA) is 80.5 Å². The summed E-state index contributed by atoms with van der Waals surface area (Å²) in [6, 6.07) is 24.0. The lowest BCUT2D eigenvalue weighted by molar-refractivity contribution is 0.0951. The Morgan fingerprint density at radius 1 is 1.03 bits per heavy atom. The molecule has 1 aliphatic carbocycles. The normalized spacial score (nSPS) is 13.2. The average Bonchev–Trinajstić information content (AvgIpc) is 3.61. The fraction of sp³-hybridized carbons (Fsp3) is 0.179. The van der Waals surface area contributed by atoms with Crippen molar-refractivity contribution in [2.75, 3.05) is 12.4 Å². The van der Waals surface area contributed by atoms with Gasteiger partial charge in [0.15, 0.2) is 11.5 Å². The third-order valence-corrected chi connectivity index (χ3v) is 6.32. The number of hydrogen-bond acceptors (Lipinski definition) is 5. The van der Waals surface area contributed by atoms with E-state index in [0.29, 0.717) is 24.0 Å². The van der Waals surface area contributed by atoms with Gasteiger partial charge in [-0.3, -0.25) is 9.20 Å². The van der Waals surface area contributed by atoms with Crippen LogP contribution in [0.25, 0.3) is 27.9 Å². The van der Waals surface area contributed by atoms with Crippen molar-refractivity contribution in [2.45, 2.75) is 25.4 Å². The Bertz CT molecular complexity index is 1540. The van der Waals surface area contributed by atoms with Crippen LogP contribution in [-0.4, -0.2) is 33.4 Å². The number of carbonyl (C=O) groups is 1. The van der Waals surface area contributed by atoms with Gasteiger partial charge in [0, 0.05) is 29.3 Å². The van der Waals surface area contributed by atoms with E-state index in [2.05, 4.69) is 15.0 Å². The van der Waals surface area contributed by atoms with Crippen molar-refractivity contribution in [3.8, 4) is 17.0 Å². The second kappa shape index (κ2) is 8.76. The highest BCUT2D eigenvalue weighted by Crippen LogP contribution is 2.29. The number of hydrogen-bond donors (Lipinski definition) is 2. The van der Waals surface area contributed by atoms with Crippen molar-refractivity contribution in [2.24, 2.45) is 0 Å². The van der Waals surface area contributed by atoms with Crippen LogP contribution in [0.1, 0.15) is 28.8 Å². The summed E-state index contributed by atoms with van der Waals surface area (Å²) < 4.78 is 7.61. The molecule has 0 atom stereocenters. The van der Waals surface area contributed by atoms with Gasteiger partial charge in [0.05, 0.1) is 30.0 Å². The molecule has 0 bridgehead atoms. The Balaban J connectivity index is 1.39. The summed E-state index contributed by atoms with van der Waals surface area (Å²) in [5.74, 6) is 1.50. The van der Waals surface area contributed by atoms with Crippen molar-refractivity contribution in [1.82, 2.24) is 19.7 Å². The number of anilines is 1. The van der Waals surface area contributed by atoms with E-state index in [4.69, 9.17) is 14.7 Å². The zero-order valence-corrected chi connectivity index (χ0v) is 19.4. The highest BCUT2D eigenvalue weighted by molar-refractivity contribution is 5.95. The quantitative estimate of drug-likeness (QED) is 0.353. The predicted octanol–water partition coefficient (Wildman–Crippen LogP) is 5.06. The van der Waals surface area contributed by atoms with Crippen molar-refractivity contribution in [3.63, 3.8) is 0 Å². The molecule has 6 rings (SSSR count). The van der Waals surface area contributed by atoms with Crippen molar-refractivity contribution in [3.05, 3.63) is 90.1 Å². The molecule has 7 nitrogen and oxygen atoms in total. The molecule has 2 heterocycles. The Labute approximate surface area is 202 Å². The maximum atomic E-state index is 12.4. The van der Waals surface area contributed by atoms with Gasteiger partial charge in [0.2, 0.25) is 0 Å². The van der Waals surface area contributed by atoms with Crippen LogP contribution in [0, 0.1) is 0 Å². The van der Waals surface area contributed by atoms with Gasteiger partial charge in [-0.1, -0.05) is 42.5 Å². The number of carbonyl (C=O) groups excluding carboxylic acids is 1. The third-order valence-electron chi connectivity index (χ3n) is 6.32. The molecular formula is C28H25N5O2. The van der Waals surface area contributed by atoms with Crippen LogP contribution in [0.2, 0.25) is 0 Å². The van der Waals surface area contributed by atoms with E-state index in [1.165, 1.54) is 0 Å². The summed E-state index contributed by atoms with van der Waals surface area (Å²) in [4.78, 5) is 22.0. The molecule has 5 aromatic rings. The van der Waals surface area contributed by atoms with Crippen LogP contribution < -0.4 is 15.4 Å². The number of fused-ring (bicyclic) bond motifs is 3. The zero-order valence-electron chi connectivity index (χ0n) is 19.4. The van der Waals surface area contributed by atoms with Crippen molar-refractivity contribution in [1.29, 1.82) is 0 Å². The van der Waals surface area contributed by atoms with Gasteiger partial charge in [-0.2, -0.15) is 0 Å². The highest BCUT2D eigenvalue weighted by atomic mass is 16.5. The van der Waals surface area contributed by atoms with Gasteiger partial charge in [-0.15, -0.1) is 0 Å². The van der Waals surface area contributed by atoms with Crippen LogP contribution >= 0.6 is 0 Å². The van der Waals surface area contributed by atoms with Crippen molar-refractivity contribution >= 4 is 28.4 Å². The molecule has 1 fully saturated rings. The largest absolute Gasteiger partial charge is 0.496 e. The highest BCUT2D eigenvalue weighted by Gasteiger charge is 2.24. The summed E-state index contributed by atoms with van der Waals surface area (Å²) in [5.41, 5.74) is 6.19. The van der Waals surface area contributed by atoms with E-state index >= 15 is 0 Å². The Morgan fingerprint density at radius 2 is 1.80 bits per heavy atom. The van der Waals surface area contributed by atoms with E-state index in [9.17, 15) is 4.79 Å². The summed E-state index contributed by atoms with van der Waals surface area (Å²) in [5, 5.41) is 6.50. The first-order valence-electron chi connectivity index (χ1n) is 11.7. The number of ether oxygens (including phenoxy) is 1. The molecule has 0 spiro atoms. The number of nitrogens with one attached hydrogen (secondary N) is 2. The molecule has 2 aromatic heterocycles. The molecule has 7 heteroatoms. The molecule has 3 aromatic carbocycles.